The van der Waals surface area contributed by atoms with Gasteiger partial charge < -0.3 is 19.1 Å². The molecule has 0 bridgehead atoms. The third kappa shape index (κ3) is 6.26. The smallest absolute Gasteiger partial charge is 0.410 e. The Hall–Kier alpha value is -3.77. The Bertz CT molecular complexity index is 1210. The maximum Gasteiger partial charge on any atom is 0.410 e. The van der Waals surface area contributed by atoms with Crippen LogP contribution in [0, 0.1) is 25.7 Å². The zero-order chi connectivity index (χ0) is 26.5. The monoisotopic (exact) mass is 493 g/mol. The summed E-state index contributed by atoms with van der Waals surface area (Å²) in [5.41, 5.74) is 0.0704. The number of carbonyl (C=O) groups is 3. The fraction of sp³-hybridized carbons (Fsp3) is 0.444. The summed E-state index contributed by atoms with van der Waals surface area (Å²) in [5.74, 6) is 4.50. The second-order valence-corrected chi connectivity index (χ2v) is 9.62. The summed E-state index contributed by atoms with van der Waals surface area (Å²) in [4.78, 5) is 48.1. The molecular weight excluding hydrogens is 462 g/mol. The molecule has 36 heavy (non-hydrogen) atoms. The van der Waals surface area contributed by atoms with E-state index in [1.165, 1.54) is 24.4 Å². The Morgan fingerprint density at radius 1 is 1.06 bits per heavy atom. The molecule has 1 fully saturated rings. The first kappa shape index (κ1) is 26.8. The fourth-order valence-corrected chi connectivity index (χ4v) is 3.76. The molecule has 1 saturated heterocycles. The van der Waals surface area contributed by atoms with Crippen molar-refractivity contribution in [1.82, 2.24) is 14.9 Å². The van der Waals surface area contributed by atoms with E-state index in [-0.39, 0.29) is 25.1 Å². The first-order valence-corrected chi connectivity index (χ1v) is 11.6. The van der Waals surface area contributed by atoms with Crippen molar-refractivity contribution in [3.63, 3.8) is 0 Å². The molecule has 0 saturated carbocycles. The molecule has 2 aromatic heterocycles. The van der Waals surface area contributed by atoms with Crippen LogP contribution in [-0.2, 0) is 14.2 Å². The highest BCUT2D eigenvalue weighted by atomic mass is 16.6. The number of carbonyl (C=O) groups excluding carboxylic acids is 3. The Labute approximate surface area is 211 Å². The van der Waals surface area contributed by atoms with Crippen LogP contribution in [0.3, 0.4) is 0 Å². The number of likely N-dealkylation sites (tertiary alicyclic amines) is 1. The highest BCUT2D eigenvalue weighted by molar-refractivity contribution is 6.09. The number of hydrogen-bond acceptors (Lipinski definition) is 8. The molecule has 0 aromatic carbocycles. The number of esters is 1. The lowest BCUT2D eigenvalue weighted by atomic mass is 9.88. The van der Waals surface area contributed by atoms with Gasteiger partial charge in [0.05, 0.1) is 17.7 Å². The summed E-state index contributed by atoms with van der Waals surface area (Å²) < 4.78 is 17.2. The molecule has 1 aliphatic rings. The predicted octanol–water partition coefficient (Wildman–Crippen LogP) is 3.53. The molecule has 0 radical (unpaired) electrons. The molecule has 0 spiro atoms. The van der Waals surface area contributed by atoms with Crippen LogP contribution in [0.5, 0.6) is 0 Å². The summed E-state index contributed by atoms with van der Waals surface area (Å²) in [7, 11) is 1.44. The summed E-state index contributed by atoms with van der Waals surface area (Å²) in [6, 6.07) is 3.42. The Morgan fingerprint density at radius 3 is 2.22 bits per heavy atom. The molecule has 9 nitrogen and oxygen atoms in total. The van der Waals surface area contributed by atoms with Gasteiger partial charge in [-0.2, -0.15) is 0 Å². The normalized spacial score (nSPS) is 19.6. The van der Waals surface area contributed by atoms with Crippen molar-refractivity contribution in [2.75, 3.05) is 20.2 Å². The highest BCUT2D eigenvalue weighted by Gasteiger charge is 2.47. The van der Waals surface area contributed by atoms with E-state index in [9.17, 15) is 14.4 Å². The summed E-state index contributed by atoms with van der Waals surface area (Å²) >= 11 is 0. The van der Waals surface area contributed by atoms with Gasteiger partial charge in [0.2, 0.25) is 5.78 Å². The second kappa shape index (κ2) is 10.9. The van der Waals surface area contributed by atoms with Gasteiger partial charge in [-0.15, -0.1) is 0 Å². The molecule has 0 N–H and O–H groups in total. The van der Waals surface area contributed by atoms with E-state index in [4.69, 9.17) is 14.2 Å². The number of rotatable bonds is 4. The Balaban J connectivity index is 1.94. The van der Waals surface area contributed by atoms with Crippen LogP contribution in [0.25, 0.3) is 0 Å². The van der Waals surface area contributed by atoms with E-state index in [0.29, 0.717) is 11.1 Å². The predicted molar refractivity (Wildman–Crippen MR) is 131 cm³/mol. The first-order valence-electron chi connectivity index (χ1n) is 11.6. The topological polar surface area (TPSA) is 108 Å². The van der Waals surface area contributed by atoms with Crippen molar-refractivity contribution in [3.8, 4) is 11.8 Å². The van der Waals surface area contributed by atoms with Gasteiger partial charge in [-0.1, -0.05) is 5.92 Å². The van der Waals surface area contributed by atoms with Crippen LogP contribution in [0.15, 0.2) is 36.9 Å². The van der Waals surface area contributed by atoms with Gasteiger partial charge in [0, 0.05) is 44.9 Å². The average molecular weight is 494 g/mol. The SMILES string of the molecule is COC1(C#CC(=O)c2cnccc2C)CCN(C(=O)OC(C)(C)C)CC1OC(=O)c1cnccc1C. The third-order valence-corrected chi connectivity index (χ3v) is 5.85. The number of pyridine rings is 2. The maximum atomic E-state index is 13.1. The standard InChI is InChI=1S/C27H31N3O6/c1-18-8-12-28-15-20(18)22(31)7-10-27(34-6)11-14-30(25(33)36-26(3,4)5)17-23(27)35-24(32)21-16-29-13-9-19(21)2/h8-9,12-13,15-16,23H,11,14,17H2,1-6H3. The highest BCUT2D eigenvalue weighted by Crippen LogP contribution is 2.30. The van der Waals surface area contributed by atoms with Gasteiger partial charge in [-0.3, -0.25) is 14.8 Å². The average Bonchev–Trinajstić information content (AvgIpc) is 2.82. The minimum atomic E-state index is -1.32. The van der Waals surface area contributed by atoms with Crippen molar-refractivity contribution in [3.05, 3.63) is 59.2 Å². The van der Waals surface area contributed by atoms with Gasteiger partial charge in [0.1, 0.15) is 5.60 Å². The zero-order valence-electron chi connectivity index (χ0n) is 21.5. The van der Waals surface area contributed by atoms with E-state index in [1.54, 1.807) is 59.1 Å². The van der Waals surface area contributed by atoms with E-state index >= 15 is 0 Å². The van der Waals surface area contributed by atoms with Crippen molar-refractivity contribution in [1.29, 1.82) is 0 Å². The fourth-order valence-electron chi connectivity index (χ4n) is 3.76. The number of hydrogen-bond donors (Lipinski definition) is 0. The van der Waals surface area contributed by atoms with Crippen LogP contribution < -0.4 is 0 Å². The van der Waals surface area contributed by atoms with E-state index in [0.717, 1.165) is 5.56 Å². The number of nitrogens with zero attached hydrogens (tertiary/aromatic N) is 3. The quantitative estimate of drug-likeness (QED) is 0.276. The van der Waals surface area contributed by atoms with Crippen molar-refractivity contribution in [2.24, 2.45) is 0 Å². The largest absolute Gasteiger partial charge is 0.453 e. The summed E-state index contributed by atoms with van der Waals surface area (Å²) in [6.07, 6.45) is 4.71. The Kier molecular flexibility index (Phi) is 8.10. The lowest BCUT2D eigenvalue weighted by Crippen LogP contribution is -2.59. The van der Waals surface area contributed by atoms with Crippen molar-refractivity contribution >= 4 is 17.8 Å². The van der Waals surface area contributed by atoms with Crippen LogP contribution in [-0.4, -0.2) is 70.2 Å². The van der Waals surface area contributed by atoms with Crippen LogP contribution in [0.4, 0.5) is 4.79 Å². The van der Waals surface area contributed by atoms with Crippen LogP contribution >= 0.6 is 0 Å². The van der Waals surface area contributed by atoms with E-state index in [2.05, 4.69) is 21.8 Å². The molecule has 0 aliphatic carbocycles. The number of aryl methyl sites for hydroxylation is 2. The van der Waals surface area contributed by atoms with Gasteiger partial charge in [0.15, 0.2) is 11.7 Å². The van der Waals surface area contributed by atoms with Gasteiger partial charge in [-0.25, -0.2) is 9.59 Å². The molecule has 1 amide bonds. The number of ketones is 1. The molecule has 2 unspecified atom stereocenters. The summed E-state index contributed by atoms with van der Waals surface area (Å²) in [6.45, 7) is 9.09. The summed E-state index contributed by atoms with van der Waals surface area (Å²) in [5, 5.41) is 0. The molecule has 190 valence electrons. The molecule has 1 aliphatic heterocycles. The minimum absolute atomic E-state index is 0.0252. The second-order valence-electron chi connectivity index (χ2n) is 9.62. The lowest BCUT2D eigenvalue weighted by molar-refractivity contribution is -0.110. The number of ether oxygens (including phenoxy) is 3. The van der Waals surface area contributed by atoms with E-state index in [1.807, 2.05) is 0 Å². The van der Waals surface area contributed by atoms with Crippen LogP contribution in [0.1, 0.15) is 59.0 Å². The molecule has 9 heteroatoms. The number of piperidine rings is 1. The maximum absolute atomic E-state index is 13.1. The van der Waals surface area contributed by atoms with E-state index < -0.39 is 35.2 Å². The Morgan fingerprint density at radius 2 is 1.67 bits per heavy atom. The number of aromatic nitrogens is 2. The van der Waals surface area contributed by atoms with Crippen molar-refractivity contribution < 1.29 is 28.6 Å². The number of Topliss-reactive ketones (excluding diaryl/α,β-unsaturated/α-hetero) is 1. The molecular formula is C27H31N3O6. The third-order valence-electron chi connectivity index (χ3n) is 5.85. The zero-order valence-corrected chi connectivity index (χ0v) is 21.5. The lowest BCUT2D eigenvalue weighted by Gasteiger charge is -2.43. The van der Waals surface area contributed by atoms with Crippen LogP contribution in [0.2, 0.25) is 0 Å². The molecule has 2 atom stereocenters. The minimum Gasteiger partial charge on any atom is -0.453 e. The van der Waals surface area contributed by atoms with Gasteiger partial charge in [0.25, 0.3) is 0 Å². The molecule has 3 heterocycles. The van der Waals surface area contributed by atoms with Gasteiger partial charge >= 0.3 is 12.1 Å². The van der Waals surface area contributed by atoms with Gasteiger partial charge in [-0.05, 0) is 63.8 Å². The molecule has 2 aromatic rings. The number of amides is 1. The molecule has 3 rings (SSSR count). The first-order chi connectivity index (χ1) is 17.0. The van der Waals surface area contributed by atoms with Crippen molar-refractivity contribution in [2.45, 2.75) is 58.3 Å². The number of methoxy groups -OCH3 is 1.